The molecule has 1 heterocycles. The summed E-state index contributed by atoms with van der Waals surface area (Å²) < 4.78 is 5.65. The predicted molar refractivity (Wildman–Crippen MR) is 101 cm³/mol. The van der Waals surface area contributed by atoms with Gasteiger partial charge >= 0.3 is 5.97 Å². The first kappa shape index (κ1) is 18.8. The van der Waals surface area contributed by atoms with Crippen molar-refractivity contribution in [3.05, 3.63) is 59.7 Å². The summed E-state index contributed by atoms with van der Waals surface area (Å²) in [7, 11) is 0. The summed E-state index contributed by atoms with van der Waals surface area (Å²) in [6.45, 7) is -0.586. The number of aliphatic hydroxyl groups excluding tert-OH is 4. The molecule has 0 aliphatic carbocycles. The topological polar surface area (TPSA) is 127 Å². The third-order valence-corrected chi connectivity index (χ3v) is 5.33. The average molecular weight is 384 g/mol. The molecule has 4 rings (SSSR count). The van der Waals surface area contributed by atoms with Gasteiger partial charge in [-0.1, -0.05) is 30.3 Å². The zero-order valence-corrected chi connectivity index (χ0v) is 14.8. The number of benzene rings is 3. The van der Waals surface area contributed by atoms with Gasteiger partial charge < -0.3 is 30.3 Å². The minimum Gasteiger partial charge on any atom is -0.478 e. The molecule has 7 nitrogen and oxygen atoms in total. The summed E-state index contributed by atoms with van der Waals surface area (Å²) >= 11 is 0. The number of carbonyl (C=O) groups is 1. The van der Waals surface area contributed by atoms with Crippen LogP contribution >= 0.6 is 0 Å². The van der Waals surface area contributed by atoms with Crippen molar-refractivity contribution in [3.63, 3.8) is 0 Å². The first-order valence-corrected chi connectivity index (χ1v) is 8.91. The SMILES string of the molecule is O=C(O)c1ccc2cc3ccccc3cc2c1[C@H]1O[C@H](CO)[C@@H](O)[C@H](O)[C@H]1O. The van der Waals surface area contributed by atoms with Gasteiger partial charge in [0, 0.05) is 5.56 Å². The van der Waals surface area contributed by atoms with Crippen LogP contribution in [0.1, 0.15) is 22.0 Å². The molecule has 1 aliphatic rings. The Morgan fingerprint density at radius 1 is 0.893 bits per heavy atom. The van der Waals surface area contributed by atoms with Gasteiger partial charge in [0.2, 0.25) is 0 Å². The van der Waals surface area contributed by atoms with E-state index in [1.54, 1.807) is 6.07 Å². The van der Waals surface area contributed by atoms with Gasteiger partial charge in [0.25, 0.3) is 0 Å². The lowest BCUT2D eigenvalue weighted by Crippen LogP contribution is -2.55. The van der Waals surface area contributed by atoms with Crippen LogP contribution < -0.4 is 0 Å². The van der Waals surface area contributed by atoms with E-state index in [4.69, 9.17) is 4.74 Å². The third-order valence-electron chi connectivity index (χ3n) is 5.33. The maximum atomic E-state index is 11.9. The van der Waals surface area contributed by atoms with Gasteiger partial charge in [-0.15, -0.1) is 0 Å². The molecule has 3 aromatic carbocycles. The molecular formula is C21H20O7. The van der Waals surface area contributed by atoms with E-state index in [9.17, 15) is 30.3 Å². The van der Waals surface area contributed by atoms with E-state index in [-0.39, 0.29) is 11.1 Å². The molecule has 0 saturated carbocycles. The maximum absolute atomic E-state index is 11.9. The molecule has 0 aromatic heterocycles. The number of aliphatic hydroxyl groups is 4. The van der Waals surface area contributed by atoms with Crippen molar-refractivity contribution < 1.29 is 35.1 Å². The van der Waals surface area contributed by atoms with E-state index < -0.39 is 43.1 Å². The fraction of sp³-hybridized carbons (Fsp3) is 0.286. The second-order valence-electron chi connectivity index (χ2n) is 7.00. The van der Waals surface area contributed by atoms with Crippen LogP contribution in [0.3, 0.4) is 0 Å². The van der Waals surface area contributed by atoms with Crippen LogP contribution in [0.2, 0.25) is 0 Å². The number of hydrogen-bond donors (Lipinski definition) is 5. The molecule has 146 valence electrons. The van der Waals surface area contributed by atoms with Gasteiger partial charge in [0.15, 0.2) is 0 Å². The lowest BCUT2D eigenvalue weighted by molar-refractivity contribution is -0.231. The van der Waals surface area contributed by atoms with Crippen molar-refractivity contribution in [2.75, 3.05) is 6.61 Å². The Hall–Kier alpha value is -2.55. The molecule has 7 heteroatoms. The van der Waals surface area contributed by atoms with Gasteiger partial charge in [-0.2, -0.15) is 0 Å². The van der Waals surface area contributed by atoms with Crippen LogP contribution in [0.4, 0.5) is 0 Å². The zero-order chi connectivity index (χ0) is 20.0. The van der Waals surface area contributed by atoms with Crippen LogP contribution in [-0.2, 0) is 4.74 Å². The largest absolute Gasteiger partial charge is 0.478 e. The minimum atomic E-state index is -1.59. The van der Waals surface area contributed by atoms with E-state index in [2.05, 4.69) is 0 Å². The van der Waals surface area contributed by atoms with Crippen molar-refractivity contribution >= 4 is 27.5 Å². The highest BCUT2D eigenvalue weighted by Crippen LogP contribution is 2.39. The summed E-state index contributed by atoms with van der Waals surface area (Å²) in [5.41, 5.74) is 0.125. The second kappa shape index (κ2) is 7.12. The van der Waals surface area contributed by atoms with Gasteiger partial charge in [-0.25, -0.2) is 4.79 Å². The average Bonchev–Trinajstić information content (AvgIpc) is 2.70. The zero-order valence-electron chi connectivity index (χ0n) is 14.8. The van der Waals surface area contributed by atoms with Crippen LogP contribution in [0.25, 0.3) is 21.5 Å². The van der Waals surface area contributed by atoms with Crippen molar-refractivity contribution in [1.29, 1.82) is 0 Å². The Morgan fingerprint density at radius 3 is 2.21 bits per heavy atom. The summed E-state index contributed by atoms with van der Waals surface area (Å²) in [5.74, 6) is -1.21. The molecule has 0 unspecified atom stereocenters. The quantitative estimate of drug-likeness (QED) is 0.430. The summed E-state index contributed by atoms with van der Waals surface area (Å²) in [5, 5.41) is 53.1. The lowest BCUT2D eigenvalue weighted by atomic mass is 9.86. The van der Waals surface area contributed by atoms with Gasteiger partial charge in [0.05, 0.1) is 12.2 Å². The molecule has 0 radical (unpaired) electrons. The molecular weight excluding hydrogens is 364 g/mol. The summed E-state index contributed by atoms with van der Waals surface area (Å²) in [6.07, 6.45) is -7.02. The molecule has 5 atom stereocenters. The number of ether oxygens (including phenoxy) is 1. The fourth-order valence-electron chi connectivity index (χ4n) is 3.87. The molecule has 0 spiro atoms. The highest BCUT2D eigenvalue weighted by molar-refractivity contribution is 6.04. The van der Waals surface area contributed by atoms with Gasteiger partial charge in [-0.05, 0) is 39.7 Å². The summed E-state index contributed by atoms with van der Waals surface area (Å²) in [6, 6.07) is 14.4. The smallest absolute Gasteiger partial charge is 0.336 e. The Labute approximate surface area is 160 Å². The van der Waals surface area contributed by atoms with E-state index in [1.165, 1.54) is 6.07 Å². The lowest BCUT2D eigenvalue weighted by Gasteiger charge is -2.41. The Balaban J connectivity index is 1.98. The predicted octanol–water partition coefficient (Wildman–Crippen LogP) is 1.21. The van der Waals surface area contributed by atoms with Crippen LogP contribution in [0.15, 0.2) is 48.5 Å². The second-order valence-corrected chi connectivity index (χ2v) is 7.00. The standard InChI is InChI=1S/C21H20O7/c22-9-15-17(23)18(24)19(25)20(28-15)16-13(21(26)27)6-5-12-7-10-3-1-2-4-11(10)8-14(12)16/h1-8,15,17-20,22-25H,9H2,(H,26,27)/t15-,17-,18+,19-,20-/m1/s1. The number of carboxylic acid groups (broad SMARTS) is 1. The number of aromatic carboxylic acids is 1. The normalized spacial score (nSPS) is 27.9. The highest BCUT2D eigenvalue weighted by Gasteiger charge is 2.45. The molecule has 1 fully saturated rings. The van der Waals surface area contributed by atoms with Crippen molar-refractivity contribution in [3.8, 4) is 0 Å². The monoisotopic (exact) mass is 384 g/mol. The number of hydrogen-bond acceptors (Lipinski definition) is 6. The van der Waals surface area contributed by atoms with Gasteiger partial charge in [-0.3, -0.25) is 0 Å². The van der Waals surface area contributed by atoms with E-state index in [0.717, 1.165) is 16.2 Å². The Kier molecular flexibility index (Phi) is 4.78. The maximum Gasteiger partial charge on any atom is 0.336 e. The van der Waals surface area contributed by atoms with Gasteiger partial charge in [0.1, 0.15) is 30.5 Å². The van der Waals surface area contributed by atoms with Crippen LogP contribution in [-0.4, -0.2) is 62.5 Å². The molecule has 3 aromatic rings. The molecule has 5 N–H and O–H groups in total. The van der Waals surface area contributed by atoms with E-state index in [0.29, 0.717) is 5.39 Å². The highest BCUT2D eigenvalue weighted by atomic mass is 16.5. The summed E-state index contributed by atoms with van der Waals surface area (Å²) in [4.78, 5) is 11.9. The third kappa shape index (κ3) is 2.94. The first-order chi connectivity index (χ1) is 13.4. The molecule has 0 amide bonds. The van der Waals surface area contributed by atoms with Crippen LogP contribution in [0.5, 0.6) is 0 Å². The molecule has 1 saturated heterocycles. The number of rotatable bonds is 3. The van der Waals surface area contributed by atoms with Crippen LogP contribution in [0, 0.1) is 0 Å². The van der Waals surface area contributed by atoms with Crippen molar-refractivity contribution in [1.82, 2.24) is 0 Å². The molecule has 0 bridgehead atoms. The number of carboxylic acids is 1. The first-order valence-electron chi connectivity index (χ1n) is 8.91. The molecule has 28 heavy (non-hydrogen) atoms. The van der Waals surface area contributed by atoms with Crippen molar-refractivity contribution in [2.24, 2.45) is 0 Å². The van der Waals surface area contributed by atoms with Crippen molar-refractivity contribution in [2.45, 2.75) is 30.5 Å². The fourth-order valence-corrected chi connectivity index (χ4v) is 3.87. The Morgan fingerprint density at radius 2 is 1.57 bits per heavy atom. The van der Waals surface area contributed by atoms with E-state index >= 15 is 0 Å². The van der Waals surface area contributed by atoms with E-state index in [1.807, 2.05) is 36.4 Å². The molecule has 1 aliphatic heterocycles. The minimum absolute atomic E-state index is 0.0767. The number of fused-ring (bicyclic) bond motifs is 2. The Bertz CT molecular complexity index is 1050.